The fourth-order valence-electron chi connectivity index (χ4n) is 13.4. The van der Waals surface area contributed by atoms with Gasteiger partial charge in [-0.3, -0.25) is 9.59 Å². The van der Waals surface area contributed by atoms with Gasteiger partial charge >= 0.3 is 0 Å². The van der Waals surface area contributed by atoms with Crippen molar-refractivity contribution in [2.24, 2.45) is 29.6 Å². The number of hydrogen-bond donors (Lipinski definition) is 10. The van der Waals surface area contributed by atoms with E-state index in [0.29, 0.717) is 87.7 Å². The number of ether oxygens (including phenoxy) is 1. The number of aliphatic hydroxyl groups excluding tert-OH is 4. The molecule has 4 fully saturated rings. The normalized spacial score (nSPS) is 28.6. The zero-order chi connectivity index (χ0) is 48.8. The van der Waals surface area contributed by atoms with E-state index >= 15 is 0 Å². The first-order valence-corrected chi connectivity index (χ1v) is 24.8. The number of nitrogens with one attached hydrogen (secondary N) is 3. The highest BCUT2D eigenvalue weighted by molar-refractivity contribution is 5.93. The van der Waals surface area contributed by atoms with Crippen LogP contribution in [0.1, 0.15) is 68.0 Å². The number of phenols is 2. The summed E-state index contributed by atoms with van der Waals surface area (Å²) in [7, 11) is 0. The summed E-state index contributed by atoms with van der Waals surface area (Å²) in [5.74, 6) is 1.34. The third-order valence-corrected chi connectivity index (χ3v) is 16.8. The number of H-pyrrole nitrogens is 1. The van der Waals surface area contributed by atoms with Gasteiger partial charge < -0.3 is 65.1 Å². The number of rotatable bonds is 13. The molecule has 2 bridgehead atoms. The number of benzene rings is 3. The molecule has 3 aromatic heterocycles. The number of carbonyl (C=O) groups excluding carboxylic acids is 1. The van der Waals surface area contributed by atoms with Crippen LogP contribution in [0.5, 0.6) is 17.2 Å². The van der Waals surface area contributed by atoms with Crippen LogP contribution in [0.25, 0.3) is 38.3 Å². The second-order valence-electron chi connectivity index (χ2n) is 20.8. The Morgan fingerprint density at radius 3 is 2.60 bits per heavy atom. The summed E-state index contributed by atoms with van der Waals surface area (Å²) in [5.41, 5.74) is 0.0801. The highest BCUT2D eigenvalue weighted by atomic mass is 17.2. The molecule has 17 heteroatoms. The number of phenolic OH excluding ortho intramolecular Hbond substituents is 2. The molecule has 11 rings (SSSR count). The Balaban J connectivity index is 1.06. The van der Waals surface area contributed by atoms with Crippen molar-refractivity contribution < 1.29 is 59.5 Å². The summed E-state index contributed by atoms with van der Waals surface area (Å²) >= 11 is 0. The first kappa shape index (κ1) is 46.9. The molecule has 5 aliphatic rings. The zero-order valence-corrected chi connectivity index (χ0v) is 39.3. The van der Waals surface area contributed by atoms with Crippen molar-refractivity contribution in [2.75, 3.05) is 26.3 Å². The second-order valence-corrected chi connectivity index (χ2v) is 20.8. The van der Waals surface area contributed by atoms with Crippen LogP contribution in [-0.4, -0.2) is 119 Å². The molecule has 6 heterocycles. The second kappa shape index (κ2) is 18.0. The standard InChI is InChI=1S/C53H62N4O13/c1-3-40-34-10-12-54-39(34)23-57(40)47-49-30(15-36-42(61)13-26(2)68-50(36)47)17-44(53(69-49)21-37(31-18-45(63)56-22-31)29-14-27-5-4-11-55-46(27)38(53)16-29)70-67-25-52(66,51(65)48(64)43(62)24-58)20-28-6-9-41(60)33-8-7-32(59)19-35(28)33/h6-10,12-13,15,19,23,27,29,31,37-38,43-44,46,48,51,54-55,58-60,62,64-66H,3-5,11,14,16-18,20-22,24-25H2,1-2H3,(H,56,63)/t27-,29+,31+,37+,38+,43+,44+,46+,48+,51-,52-,53-/m0/s1. The Labute approximate surface area is 402 Å². The van der Waals surface area contributed by atoms with Crippen molar-refractivity contribution in [3.8, 4) is 22.9 Å². The Bertz CT molecular complexity index is 3040. The van der Waals surface area contributed by atoms with Gasteiger partial charge in [0.1, 0.15) is 65.2 Å². The molecule has 10 N–H and O–H groups in total. The molecule has 12 atom stereocenters. The first-order valence-electron chi connectivity index (χ1n) is 24.8. The third kappa shape index (κ3) is 7.76. The van der Waals surface area contributed by atoms with Gasteiger partial charge in [-0.15, -0.1) is 0 Å². The number of nitrogens with zero attached hydrogens (tertiary/aromatic N) is 1. The van der Waals surface area contributed by atoms with Crippen LogP contribution in [-0.2, 0) is 33.8 Å². The van der Waals surface area contributed by atoms with Crippen LogP contribution >= 0.6 is 0 Å². The summed E-state index contributed by atoms with van der Waals surface area (Å²) in [6.45, 7) is 3.51. The third-order valence-electron chi connectivity index (χ3n) is 16.8. The van der Waals surface area contributed by atoms with Gasteiger partial charge in [-0.1, -0.05) is 13.0 Å². The molecule has 2 aliphatic carbocycles. The van der Waals surface area contributed by atoms with Crippen molar-refractivity contribution in [2.45, 2.75) is 113 Å². The largest absolute Gasteiger partial charge is 0.508 e. The fourth-order valence-corrected chi connectivity index (χ4v) is 13.4. The van der Waals surface area contributed by atoms with E-state index < -0.39 is 55.3 Å². The number of aromatic nitrogens is 2. The monoisotopic (exact) mass is 962 g/mol. The number of carbonyl (C=O) groups is 1. The predicted molar refractivity (Wildman–Crippen MR) is 257 cm³/mol. The van der Waals surface area contributed by atoms with Crippen LogP contribution < -0.4 is 20.8 Å². The molecule has 1 amide bonds. The summed E-state index contributed by atoms with van der Waals surface area (Å²) in [6.07, 6.45) is 2.11. The van der Waals surface area contributed by atoms with E-state index in [1.54, 1.807) is 13.0 Å². The maximum absolute atomic E-state index is 14.0. The molecule has 372 valence electrons. The van der Waals surface area contributed by atoms with Gasteiger partial charge in [-0.25, -0.2) is 9.78 Å². The predicted octanol–water partition coefficient (Wildman–Crippen LogP) is 4.09. The van der Waals surface area contributed by atoms with Crippen LogP contribution in [0.4, 0.5) is 0 Å². The minimum absolute atomic E-state index is 0.0118. The average molecular weight is 963 g/mol. The minimum Gasteiger partial charge on any atom is -0.508 e. The number of aryl methyl sites for hydroxylation is 2. The molecule has 6 aromatic rings. The van der Waals surface area contributed by atoms with Gasteiger partial charge in [0.05, 0.1) is 17.5 Å². The van der Waals surface area contributed by atoms with E-state index in [1.807, 2.05) is 18.5 Å². The van der Waals surface area contributed by atoms with Crippen LogP contribution in [0.15, 0.2) is 70.1 Å². The number of fused-ring (bicyclic) bond motifs is 9. The van der Waals surface area contributed by atoms with Crippen molar-refractivity contribution in [1.29, 1.82) is 0 Å². The van der Waals surface area contributed by atoms with Crippen molar-refractivity contribution in [3.63, 3.8) is 0 Å². The zero-order valence-electron chi connectivity index (χ0n) is 39.3. The molecule has 3 aromatic carbocycles. The highest BCUT2D eigenvalue weighted by Gasteiger charge is 2.64. The molecule has 17 nitrogen and oxygen atoms in total. The lowest BCUT2D eigenvalue weighted by Crippen LogP contribution is -2.70. The lowest BCUT2D eigenvalue weighted by atomic mass is 9.51. The summed E-state index contributed by atoms with van der Waals surface area (Å²) < 4.78 is 16.5. The van der Waals surface area contributed by atoms with E-state index in [0.717, 1.165) is 48.8 Å². The molecule has 0 radical (unpaired) electrons. The van der Waals surface area contributed by atoms with Gasteiger partial charge in [0, 0.05) is 78.3 Å². The number of amides is 1. The van der Waals surface area contributed by atoms with Crippen LogP contribution in [0.2, 0.25) is 0 Å². The molecule has 70 heavy (non-hydrogen) atoms. The van der Waals surface area contributed by atoms with E-state index in [9.17, 15) is 45.3 Å². The number of piperidine rings is 1. The van der Waals surface area contributed by atoms with Crippen LogP contribution in [0, 0.1) is 36.5 Å². The average Bonchev–Trinajstić information content (AvgIpc) is 4.09. The Morgan fingerprint density at radius 1 is 0.971 bits per heavy atom. The molecule has 1 spiro atoms. The Morgan fingerprint density at radius 2 is 1.81 bits per heavy atom. The van der Waals surface area contributed by atoms with Gasteiger partial charge in [-0.2, -0.15) is 0 Å². The summed E-state index contributed by atoms with van der Waals surface area (Å²) in [5, 5.41) is 86.1. The van der Waals surface area contributed by atoms with Gasteiger partial charge in [0.25, 0.3) is 0 Å². The molecular weight excluding hydrogens is 901 g/mol. The van der Waals surface area contributed by atoms with E-state index in [1.165, 1.54) is 36.4 Å². The molecule has 3 aliphatic heterocycles. The molecule has 0 unspecified atom stereocenters. The Hall–Kier alpha value is -5.50. The maximum Gasteiger partial charge on any atom is 0.220 e. The van der Waals surface area contributed by atoms with Gasteiger partial charge in [0.15, 0.2) is 16.8 Å². The SMILES string of the molecule is CCc1c2cc[nH]c2cn1-c1c2c(cc3c(=O)cc(C)oc13)C[C@@H](OOC[C@@](O)(Cc1ccc(O)c3ccc(O)cc13)[C@@H](O)[C@H](O)[C@H](O)CO)[C@@]1(C[C@@H]([C@H]3CNC(=O)C3)[C@@H]3C[C@@H]4CCCN[C@H]4[C@H]1C3)O2. The maximum atomic E-state index is 14.0. The van der Waals surface area contributed by atoms with Crippen molar-refractivity contribution >= 4 is 38.6 Å². The minimum atomic E-state index is -2.42. The highest BCUT2D eigenvalue weighted by Crippen LogP contribution is 2.60. The van der Waals surface area contributed by atoms with E-state index in [4.69, 9.17) is 18.9 Å². The van der Waals surface area contributed by atoms with Crippen molar-refractivity contribution in [1.82, 2.24) is 20.2 Å². The van der Waals surface area contributed by atoms with Crippen molar-refractivity contribution in [3.05, 3.63) is 93.7 Å². The van der Waals surface area contributed by atoms with Crippen LogP contribution in [0.3, 0.4) is 0 Å². The Kier molecular flexibility index (Phi) is 12.0. The summed E-state index contributed by atoms with van der Waals surface area (Å²) in [6, 6.07) is 12.6. The van der Waals surface area contributed by atoms with E-state index in [2.05, 4.69) is 27.1 Å². The first-order chi connectivity index (χ1) is 33.7. The van der Waals surface area contributed by atoms with E-state index in [-0.39, 0.29) is 53.1 Å². The number of aromatic amines is 1. The number of aromatic hydroxyl groups is 2. The lowest BCUT2D eigenvalue weighted by molar-refractivity contribution is -0.382. The smallest absolute Gasteiger partial charge is 0.220 e. The molecular formula is C53H62N4O13. The van der Waals surface area contributed by atoms with Gasteiger partial charge in [0.2, 0.25) is 5.91 Å². The fraction of sp³-hybridized carbons (Fsp3) is 0.509. The molecule has 2 saturated carbocycles. The topological polar surface area (TPSA) is 261 Å². The lowest BCUT2D eigenvalue weighted by Gasteiger charge is -2.61. The summed E-state index contributed by atoms with van der Waals surface area (Å²) in [4.78, 5) is 43.3. The quantitative estimate of drug-likeness (QED) is 0.0578. The number of hydrogen-bond acceptors (Lipinski definition) is 14. The molecule has 2 saturated heterocycles. The van der Waals surface area contributed by atoms with Gasteiger partial charge in [-0.05, 0) is 123 Å². The number of aliphatic hydroxyl groups is 5.